The van der Waals surface area contributed by atoms with Gasteiger partial charge in [0.05, 0.1) is 0 Å². The van der Waals surface area contributed by atoms with Gasteiger partial charge in [0, 0.05) is 206 Å². The monoisotopic (exact) mass is 184 g/mol. The Kier molecular flexibility index (Phi) is 148. The summed E-state index contributed by atoms with van der Waals surface area (Å²) in [4.78, 5) is 0. The van der Waals surface area contributed by atoms with Crippen LogP contribution in [0.25, 0.3) is 0 Å². The van der Waals surface area contributed by atoms with Crippen molar-refractivity contribution in [3.8, 4) is 0 Å². The van der Waals surface area contributed by atoms with Gasteiger partial charge in [0.2, 0.25) is 0 Å². The first-order valence-corrected chi connectivity index (χ1v) is 0.500. The Labute approximate surface area is 210 Å². The predicted octanol–water partition coefficient (Wildman–Crippen LogP) is -0.721. The van der Waals surface area contributed by atoms with Crippen molar-refractivity contribution in [3.63, 3.8) is 0 Å². The quantitative estimate of drug-likeness (QED) is 0.344. The second-order valence-corrected chi connectivity index (χ2v) is 0. The fraction of sp³-hybridized carbons (Fsp3) is 0. The fourth-order valence-corrected chi connectivity index (χ4v) is 0. The Morgan fingerprint density at radius 1 is 0.500 bits per heavy atom. The molecule has 0 unspecified atom stereocenters. The average Bonchev–Trinajstić information content (AvgIpc) is 1.00. The van der Waals surface area contributed by atoms with Crippen LogP contribution in [0.2, 0.25) is 0 Å². The minimum Gasteiger partial charge on any atom is -0.106 e. The van der Waals surface area contributed by atoms with Crippen LogP contribution in [0.4, 0.5) is 0 Å². The minimum absolute atomic E-state index is 0. The molecule has 0 bridgehead atoms. The van der Waals surface area contributed by atoms with Gasteiger partial charge in [0.1, 0.15) is 0 Å². The van der Waals surface area contributed by atoms with Gasteiger partial charge >= 0.3 is 0 Å². The van der Waals surface area contributed by atoms with Crippen molar-refractivity contribution >= 4 is 206 Å². The summed E-state index contributed by atoms with van der Waals surface area (Å²) in [5, 5.41) is 0. The molecule has 4 radical (unpaired) electrons. The van der Waals surface area contributed by atoms with Crippen molar-refractivity contribution in [1.82, 2.24) is 0 Å². The molecule has 0 rings (SSSR count). The molecule has 0 aromatic carbocycles. The SMILES string of the molecule is C=C.[K].[K].[K].[K]. The Balaban J connectivity index is -0.000000000833. The first-order chi connectivity index (χ1) is 1.00. The summed E-state index contributed by atoms with van der Waals surface area (Å²) in [6, 6.07) is 0. The standard InChI is InChI=1S/C2H4.4K/c1-2;;;;/h1-2H2;;;;. The van der Waals surface area contributed by atoms with E-state index in [1.807, 2.05) is 0 Å². The van der Waals surface area contributed by atoms with E-state index in [0.717, 1.165) is 0 Å². The maximum Gasteiger partial charge on any atom is 0 e. The van der Waals surface area contributed by atoms with Gasteiger partial charge in [-0.15, -0.1) is 13.2 Å². The third-order valence-corrected chi connectivity index (χ3v) is 0. The summed E-state index contributed by atoms with van der Waals surface area (Å²) in [7, 11) is 0. The largest absolute Gasteiger partial charge is 0.106 e. The van der Waals surface area contributed by atoms with Crippen molar-refractivity contribution in [2.45, 2.75) is 0 Å². The molecule has 0 aromatic rings. The van der Waals surface area contributed by atoms with Crippen LogP contribution in [-0.4, -0.2) is 206 Å². The molecule has 16 valence electrons. The molecule has 6 heavy (non-hydrogen) atoms. The molecule has 0 heterocycles. The van der Waals surface area contributed by atoms with E-state index in [1.165, 1.54) is 0 Å². The minimum atomic E-state index is 0. The van der Waals surface area contributed by atoms with Crippen LogP contribution in [0.3, 0.4) is 0 Å². The van der Waals surface area contributed by atoms with Crippen LogP contribution in [0.5, 0.6) is 0 Å². The van der Waals surface area contributed by atoms with Gasteiger partial charge in [-0.3, -0.25) is 0 Å². The molecule has 0 aliphatic rings. The molecule has 0 aliphatic heterocycles. The maximum atomic E-state index is 3.00. The van der Waals surface area contributed by atoms with Crippen LogP contribution in [0.15, 0.2) is 13.2 Å². The summed E-state index contributed by atoms with van der Waals surface area (Å²) in [6.45, 7) is 6.00. The average molecular weight is 184 g/mol. The molecule has 0 N–H and O–H groups in total. The number of rotatable bonds is 0. The van der Waals surface area contributed by atoms with E-state index >= 15 is 0 Å². The first-order valence-electron chi connectivity index (χ1n) is 0.500. The summed E-state index contributed by atoms with van der Waals surface area (Å²) in [5.74, 6) is 0. The third-order valence-electron chi connectivity index (χ3n) is 0. The molecule has 0 nitrogen and oxygen atoms in total. The zero-order valence-electron chi connectivity index (χ0n) is 5.41. The van der Waals surface area contributed by atoms with Crippen LogP contribution in [0, 0.1) is 0 Å². The van der Waals surface area contributed by atoms with E-state index in [0.29, 0.717) is 0 Å². The summed E-state index contributed by atoms with van der Waals surface area (Å²) < 4.78 is 0. The van der Waals surface area contributed by atoms with Crippen molar-refractivity contribution < 1.29 is 0 Å². The Hall–Kier alpha value is 6.29. The zero-order chi connectivity index (χ0) is 2.00. The molecule has 0 saturated carbocycles. The van der Waals surface area contributed by atoms with E-state index in [4.69, 9.17) is 0 Å². The molecule has 0 aliphatic carbocycles. The second kappa shape index (κ2) is 30.2. The Morgan fingerprint density at radius 3 is 0.500 bits per heavy atom. The van der Waals surface area contributed by atoms with Crippen LogP contribution < -0.4 is 0 Å². The van der Waals surface area contributed by atoms with Crippen LogP contribution >= 0.6 is 0 Å². The molecule has 0 saturated heterocycles. The van der Waals surface area contributed by atoms with Crippen molar-refractivity contribution in [1.29, 1.82) is 0 Å². The number of hydrogen-bond acceptors (Lipinski definition) is 0. The third kappa shape index (κ3) is 22.4. The van der Waals surface area contributed by atoms with Gasteiger partial charge in [-0.2, -0.15) is 0 Å². The summed E-state index contributed by atoms with van der Waals surface area (Å²) in [6.07, 6.45) is 0. The van der Waals surface area contributed by atoms with Gasteiger partial charge in [-0.05, 0) is 0 Å². The van der Waals surface area contributed by atoms with Crippen molar-refractivity contribution in [2.75, 3.05) is 0 Å². The topological polar surface area (TPSA) is 0 Å². The predicted molar refractivity (Wildman–Crippen MR) is 34.3 cm³/mol. The van der Waals surface area contributed by atoms with Gasteiger partial charge < -0.3 is 0 Å². The molecular formula is C2H4K4. The normalized spacial score (nSPS) is 0.667. The molecule has 0 spiro atoms. The van der Waals surface area contributed by atoms with Crippen LogP contribution in [0.1, 0.15) is 0 Å². The second-order valence-electron chi connectivity index (χ2n) is 0. The van der Waals surface area contributed by atoms with Crippen molar-refractivity contribution in [2.24, 2.45) is 0 Å². The number of hydrogen-bond donors (Lipinski definition) is 0. The summed E-state index contributed by atoms with van der Waals surface area (Å²) in [5.41, 5.74) is 0. The Bertz CT molecular complexity index is 5.51. The van der Waals surface area contributed by atoms with Gasteiger partial charge in [0.15, 0.2) is 0 Å². The van der Waals surface area contributed by atoms with E-state index in [9.17, 15) is 0 Å². The fourth-order valence-electron chi connectivity index (χ4n) is 0. The molecule has 4 heteroatoms. The molecule has 0 amide bonds. The van der Waals surface area contributed by atoms with E-state index in [2.05, 4.69) is 13.2 Å². The zero-order valence-corrected chi connectivity index (χ0v) is 17.9. The van der Waals surface area contributed by atoms with Crippen molar-refractivity contribution in [3.05, 3.63) is 13.2 Å². The molecular weight excluding hydrogens is 180 g/mol. The van der Waals surface area contributed by atoms with E-state index < -0.39 is 0 Å². The maximum absolute atomic E-state index is 3.00. The Morgan fingerprint density at radius 2 is 0.500 bits per heavy atom. The van der Waals surface area contributed by atoms with E-state index in [1.54, 1.807) is 0 Å². The van der Waals surface area contributed by atoms with E-state index in [-0.39, 0.29) is 206 Å². The smallest absolute Gasteiger partial charge is 0 e. The van der Waals surface area contributed by atoms with Crippen LogP contribution in [-0.2, 0) is 0 Å². The van der Waals surface area contributed by atoms with Gasteiger partial charge in [0.25, 0.3) is 0 Å². The molecule has 0 fully saturated rings. The van der Waals surface area contributed by atoms with Gasteiger partial charge in [-0.25, -0.2) is 0 Å². The molecule has 0 atom stereocenters. The molecule has 0 aromatic heterocycles. The first kappa shape index (κ1) is 29.5. The van der Waals surface area contributed by atoms with Gasteiger partial charge in [-0.1, -0.05) is 0 Å². The summed E-state index contributed by atoms with van der Waals surface area (Å²) >= 11 is 0.